The summed E-state index contributed by atoms with van der Waals surface area (Å²) >= 11 is 0. The Morgan fingerprint density at radius 1 is 1.67 bits per heavy atom. The molecule has 0 spiro atoms. The van der Waals surface area contributed by atoms with Gasteiger partial charge >= 0.3 is 0 Å². The summed E-state index contributed by atoms with van der Waals surface area (Å²) in [6, 6.07) is 1.94. The van der Waals surface area contributed by atoms with Crippen molar-refractivity contribution < 1.29 is 5.11 Å². The minimum Gasteiger partial charge on any atom is -0.388 e. The second-order valence-electron chi connectivity index (χ2n) is 3.51. The van der Waals surface area contributed by atoms with Gasteiger partial charge in [0, 0.05) is 6.20 Å². The van der Waals surface area contributed by atoms with E-state index in [1.807, 2.05) is 33.0 Å². The normalized spacial score (nSPS) is 16.0. The average molecular weight is 168 g/mol. The number of rotatable bonds is 3. The van der Waals surface area contributed by atoms with Crippen LogP contribution in [-0.2, 0) is 6.54 Å². The lowest BCUT2D eigenvalue weighted by Crippen LogP contribution is -2.29. The maximum atomic E-state index is 9.73. The molecule has 1 heterocycles. The summed E-state index contributed by atoms with van der Waals surface area (Å²) in [6.07, 6.45) is 2.63. The Hall–Kier alpha value is -0.830. The Kier molecular flexibility index (Phi) is 2.52. The molecular formula is C9H16N2O. The molecule has 0 radical (unpaired) electrons. The predicted octanol–water partition coefficient (Wildman–Crippen LogP) is 1.35. The second kappa shape index (κ2) is 3.27. The highest BCUT2D eigenvalue weighted by Crippen LogP contribution is 2.11. The van der Waals surface area contributed by atoms with Crippen LogP contribution in [0.3, 0.4) is 0 Å². The highest BCUT2D eigenvalue weighted by atomic mass is 16.3. The summed E-state index contributed by atoms with van der Waals surface area (Å²) in [5, 5.41) is 13.9. The molecule has 0 bridgehead atoms. The first kappa shape index (κ1) is 9.26. The molecule has 1 rings (SSSR count). The monoisotopic (exact) mass is 168 g/mol. The third-order valence-electron chi connectivity index (χ3n) is 2.04. The molecule has 0 saturated carbocycles. The molecule has 68 valence electrons. The fourth-order valence-electron chi connectivity index (χ4n) is 1.01. The Balaban J connectivity index is 2.63. The molecule has 3 heteroatoms. The molecule has 0 saturated heterocycles. The minimum absolute atomic E-state index is 0.567. The van der Waals surface area contributed by atoms with Gasteiger partial charge in [-0.3, -0.25) is 4.68 Å². The van der Waals surface area contributed by atoms with E-state index in [2.05, 4.69) is 5.10 Å². The number of nitrogens with zero attached hydrogens (tertiary/aromatic N) is 2. The number of hydrogen-bond donors (Lipinski definition) is 1. The summed E-state index contributed by atoms with van der Waals surface area (Å²) in [7, 11) is 0. The summed E-state index contributed by atoms with van der Waals surface area (Å²) in [6.45, 7) is 6.30. The van der Waals surface area contributed by atoms with E-state index in [0.717, 1.165) is 12.1 Å². The molecule has 1 atom stereocenters. The highest BCUT2D eigenvalue weighted by Gasteiger charge is 2.18. The standard InChI is InChI=1S/C9H16N2O/c1-4-9(3,12)7-11-6-5-8(2)10-11/h5-6,12H,4,7H2,1-3H3. The number of hydrogen-bond acceptors (Lipinski definition) is 2. The van der Waals surface area contributed by atoms with Crippen molar-refractivity contribution >= 4 is 0 Å². The molecular weight excluding hydrogens is 152 g/mol. The summed E-state index contributed by atoms with van der Waals surface area (Å²) in [5.41, 5.74) is 0.347. The number of aromatic nitrogens is 2. The van der Waals surface area contributed by atoms with Gasteiger partial charge in [0.2, 0.25) is 0 Å². The smallest absolute Gasteiger partial charge is 0.0812 e. The van der Waals surface area contributed by atoms with E-state index in [9.17, 15) is 5.11 Å². The largest absolute Gasteiger partial charge is 0.388 e. The molecule has 12 heavy (non-hydrogen) atoms. The van der Waals surface area contributed by atoms with E-state index in [1.54, 1.807) is 4.68 Å². The van der Waals surface area contributed by atoms with E-state index in [0.29, 0.717) is 6.54 Å². The zero-order valence-corrected chi connectivity index (χ0v) is 7.91. The lowest BCUT2D eigenvalue weighted by Gasteiger charge is -2.20. The van der Waals surface area contributed by atoms with Crippen LogP contribution in [-0.4, -0.2) is 20.5 Å². The Labute approximate surface area is 73.0 Å². The van der Waals surface area contributed by atoms with Crippen LogP contribution >= 0.6 is 0 Å². The molecule has 1 aromatic heterocycles. The van der Waals surface area contributed by atoms with Crippen molar-refractivity contribution in [2.45, 2.75) is 39.3 Å². The van der Waals surface area contributed by atoms with Gasteiger partial charge in [0.25, 0.3) is 0 Å². The average Bonchev–Trinajstić information content (AvgIpc) is 2.35. The summed E-state index contributed by atoms with van der Waals surface area (Å²) in [5.74, 6) is 0. The Bertz CT molecular complexity index is 253. The van der Waals surface area contributed by atoms with Crippen molar-refractivity contribution in [3.63, 3.8) is 0 Å². The van der Waals surface area contributed by atoms with E-state index < -0.39 is 5.60 Å². The molecule has 0 aromatic carbocycles. The van der Waals surface area contributed by atoms with Crippen molar-refractivity contribution in [3.8, 4) is 0 Å². The van der Waals surface area contributed by atoms with Crippen LogP contribution in [0.15, 0.2) is 12.3 Å². The van der Waals surface area contributed by atoms with Crippen LogP contribution in [0.2, 0.25) is 0 Å². The van der Waals surface area contributed by atoms with Gasteiger partial charge in [0.05, 0.1) is 17.8 Å². The van der Waals surface area contributed by atoms with Gasteiger partial charge < -0.3 is 5.11 Å². The first-order valence-electron chi connectivity index (χ1n) is 4.26. The van der Waals surface area contributed by atoms with Crippen LogP contribution < -0.4 is 0 Å². The summed E-state index contributed by atoms with van der Waals surface area (Å²) in [4.78, 5) is 0. The van der Waals surface area contributed by atoms with Crippen molar-refractivity contribution in [1.29, 1.82) is 0 Å². The van der Waals surface area contributed by atoms with Gasteiger partial charge in [-0.25, -0.2) is 0 Å². The molecule has 1 unspecified atom stereocenters. The first-order valence-corrected chi connectivity index (χ1v) is 4.26. The van der Waals surface area contributed by atoms with E-state index in [4.69, 9.17) is 0 Å². The zero-order valence-electron chi connectivity index (χ0n) is 7.91. The van der Waals surface area contributed by atoms with Crippen molar-refractivity contribution in [2.24, 2.45) is 0 Å². The van der Waals surface area contributed by atoms with E-state index in [-0.39, 0.29) is 0 Å². The van der Waals surface area contributed by atoms with Gasteiger partial charge in [0.15, 0.2) is 0 Å². The van der Waals surface area contributed by atoms with Crippen LogP contribution in [0.5, 0.6) is 0 Å². The molecule has 1 N–H and O–H groups in total. The van der Waals surface area contributed by atoms with E-state index in [1.165, 1.54) is 0 Å². The Morgan fingerprint density at radius 2 is 2.33 bits per heavy atom. The molecule has 0 aliphatic rings. The van der Waals surface area contributed by atoms with Crippen molar-refractivity contribution in [2.75, 3.05) is 0 Å². The second-order valence-corrected chi connectivity index (χ2v) is 3.51. The van der Waals surface area contributed by atoms with Crippen LogP contribution in [0.25, 0.3) is 0 Å². The fraction of sp³-hybridized carbons (Fsp3) is 0.667. The van der Waals surface area contributed by atoms with Crippen LogP contribution in [0, 0.1) is 6.92 Å². The molecule has 0 aliphatic carbocycles. The van der Waals surface area contributed by atoms with Gasteiger partial charge in [0.1, 0.15) is 0 Å². The van der Waals surface area contributed by atoms with E-state index >= 15 is 0 Å². The molecule has 0 amide bonds. The number of aryl methyl sites for hydroxylation is 1. The highest BCUT2D eigenvalue weighted by molar-refractivity contribution is 4.95. The van der Waals surface area contributed by atoms with Gasteiger partial charge in [-0.2, -0.15) is 5.10 Å². The topological polar surface area (TPSA) is 38.0 Å². The SMILES string of the molecule is CCC(C)(O)Cn1ccc(C)n1. The van der Waals surface area contributed by atoms with Crippen molar-refractivity contribution in [1.82, 2.24) is 9.78 Å². The lowest BCUT2D eigenvalue weighted by atomic mass is 10.0. The molecule has 1 aromatic rings. The van der Waals surface area contributed by atoms with Gasteiger partial charge in [-0.15, -0.1) is 0 Å². The molecule has 3 nitrogen and oxygen atoms in total. The summed E-state index contributed by atoms with van der Waals surface area (Å²) < 4.78 is 1.78. The molecule has 0 fully saturated rings. The quantitative estimate of drug-likeness (QED) is 0.740. The van der Waals surface area contributed by atoms with Gasteiger partial charge in [-0.05, 0) is 26.3 Å². The predicted molar refractivity (Wildman–Crippen MR) is 47.9 cm³/mol. The minimum atomic E-state index is -0.640. The third kappa shape index (κ3) is 2.34. The maximum Gasteiger partial charge on any atom is 0.0812 e. The third-order valence-corrected chi connectivity index (χ3v) is 2.04. The Morgan fingerprint density at radius 3 is 2.75 bits per heavy atom. The first-order chi connectivity index (χ1) is 5.53. The van der Waals surface area contributed by atoms with Crippen LogP contribution in [0.1, 0.15) is 26.0 Å². The van der Waals surface area contributed by atoms with Crippen molar-refractivity contribution in [3.05, 3.63) is 18.0 Å². The molecule has 0 aliphatic heterocycles. The zero-order chi connectivity index (χ0) is 9.19. The maximum absolute atomic E-state index is 9.73. The number of aliphatic hydroxyl groups is 1. The fourth-order valence-corrected chi connectivity index (χ4v) is 1.01. The van der Waals surface area contributed by atoms with Gasteiger partial charge in [-0.1, -0.05) is 6.92 Å². The van der Waals surface area contributed by atoms with Crippen LogP contribution in [0.4, 0.5) is 0 Å². The lowest BCUT2D eigenvalue weighted by molar-refractivity contribution is 0.0344.